The number of nitrogens with two attached hydrogens (primary N) is 1. The van der Waals surface area contributed by atoms with Crippen LogP contribution in [0.5, 0.6) is 5.88 Å². The SMILES string of the molecule is CCOc1ncnc(N2CC3CCCCN3CC2C)c1N. The minimum atomic E-state index is 0.408. The summed E-state index contributed by atoms with van der Waals surface area (Å²) in [5.74, 6) is 1.33. The molecule has 6 nitrogen and oxygen atoms in total. The molecule has 0 bridgehead atoms. The summed E-state index contributed by atoms with van der Waals surface area (Å²) in [5, 5.41) is 0. The molecule has 2 fully saturated rings. The molecule has 1 aromatic heterocycles. The van der Waals surface area contributed by atoms with E-state index in [2.05, 4.69) is 26.7 Å². The van der Waals surface area contributed by atoms with Gasteiger partial charge in [0, 0.05) is 25.2 Å². The molecule has 2 N–H and O–H groups in total. The third kappa shape index (κ3) is 2.77. The number of hydrogen-bond acceptors (Lipinski definition) is 6. The van der Waals surface area contributed by atoms with E-state index in [1.165, 1.54) is 25.8 Å². The van der Waals surface area contributed by atoms with E-state index in [1.807, 2.05) is 6.92 Å². The summed E-state index contributed by atoms with van der Waals surface area (Å²) in [7, 11) is 0. The van der Waals surface area contributed by atoms with Gasteiger partial charge in [-0.2, -0.15) is 4.98 Å². The van der Waals surface area contributed by atoms with E-state index in [4.69, 9.17) is 10.5 Å². The second-order valence-electron chi connectivity index (χ2n) is 6.00. The zero-order valence-corrected chi connectivity index (χ0v) is 13.0. The van der Waals surface area contributed by atoms with Crippen LogP contribution in [-0.2, 0) is 0 Å². The van der Waals surface area contributed by atoms with Crippen molar-refractivity contribution in [2.75, 3.05) is 36.9 Å². The molecule has 3 rings (SSSR count). The van der Waals surface area contributed by atoms with E-state index in [-0.39, 0.29) is 0 Å². The van der Waals surface area contributed by atoms with Gasteiger partial charge >= 0.3 is 0 Å². The van der Waals surface area contributed by atoms with Crippen molar-refractivity contribution in [2.24, 2.45) is 0 Å². The quantitative estimate of drug-likeness (QED) is 0.911. The molecule has 0 saturated carbocycles. The Morgan fingerprint density at radius 3 is 3.00 bits per heavy atom. The zero-order valence-electron chi connectivity index (χ0n) is 13.0. The van der Waals surface area contributed by atoms with Gasteiger partial charge in [-0.15, -0.1) is 0 Å². The average molecular weight is 291 g/mol. The molecule has 2 atom stereocenters. The topological polar surface area (TPSA) is 67.5 Å². The number of piperidine rings is 1. The Morgan fingerprint density at radius 2 is 2.19 bits per heavy atom. The molecule has 3 heterocycles. The fourth-order valence-electron chi connectivity index (χ4n) is 3.50. The summed E-state index contributed by atoms with van der Waals surface area (Å²) in [4.78, 5) is 13.5. The maximum absolute atomic E-state index is 6.23. The smallest absolute Gasteiger partial charge is 0.242 e. The first-order chi connectivity index (χ1) is 10.2. The largest absolute Gasteiger partial charge is 0.476 e. The van der Waals surface area contributed by atoms with Crippen molar-refractivity contribution in [3.8, 4) is 5.88 Å². The Morgan fingerprint density at radius 1 is 1.33 bits per heavy atom. The molecule has 0 amide bonds. The van der Waals surface area contributed by atoms with Gasteiger partial charge in [-0.25, -0.2) is 4.98 Å². The van der Waals surface area contributed by atoms with Gasteiger partial charge in [0.15, 0.2) is 5.82 Å². The molecule has 116 valence electrons. The lowest BCUT2D eigenvalue weighted by Crippen LogP contribution is -2.59. The van der Waals surface area contributed by atoms with Crippen molar-refractivity contribution < 1.29 is 4.74 Å². The van der Waals surface area contributed by atoms with Crippen molar-refractivity contribution in [3.05, 3.63) is 6.33 Å². The van der Waals surface area contributed by atoms with Crippen molar-refractivity contribution in [3.63, 3.8) is 0 Å². The van der Waals surface area contributed by atoms with Crippen molar-refractivity contribution >= 4 is 11.5 Å². The molecule has 1 aromatic rings. The molecular weight excluding hydrogens is 266 g/mol. The zero-order chi connectivity index (χ0) is 14.8. The lowest BCUT2D eigenvalue weighted by atomic mass is 9.97. The molecule has 0 aromatic carbocycles. The number of rotatable bonds is 3. The number of nitrogens with zero attached hydrogens (tertiary/aromatic N) is 4. The Balaban J connectivity index is 1.84. The fourth-order valence-corrected chi connectivity index (χ4v) is 3.50. The minimum Gasteiger partial charge on any atom is -0.476 e. The number of nitrogen functional groups attached to an aromatic ring is 1. The highest BCUT2D eigenvalue weighted by Gasteiger charge is 2.34. The molecule has 2 aliphatic heterocycles. The van der Waals surface area contributed by atoms with E-state index < -0.39 is 0 Å². The maximum atomic E-state index is 6.23. The predicted molar refractivity (Wildman–Crippen MR) is 83.6 cm³/mol. The number of fused-ring (bicyclic) bond motifs is 1. The van der Waals surface area contributed by atoms with Crippen molar-refractivity contribution in [1.82, 2.24) is 14.9 Å². The van der Waals surface area contributed by atoms with Gasteiger partial charge in [0.05, 0.1) is 6.61 Å². The number of aromatic nitrogens is 2. The number of piperazine rings is 1. The molecule has 2 aliphatic rings. The highest BCUT2D eigenvalue weighted by molar-refractivity contribution is 5.68. The number of anilines is 2. The molecule has 6 heteroatoms. The van der Waals surface area contributed by atoms with Crippen LogP contribution in [0.3, 0.4) is 0 Å². The Kier molecular flexibility index (Phi) is 4.14. The summed E-state index contributed by atoms with van der Waals surface area (Å²) in [5.41, 5.74) is 6.79. The summed E-state index contributed by atoms with van der Waals surface area (Å²) >= 11 is 0. The van der Waals surface area contributed by atoms with Crippen LogP contribution in [-0.4, -0.2) is 53.2 Å². The van der Waals surface area contributed by atoms with Gasteiger partial charge in [-0.3, -0.25) is 4.90 Å². The van der Waals surface area contributed by atoms with E-state index in [0.29, 0.717) is 30.3 Å². The molecule has 21 heavy (non-hydrogen) atoms. The molecule has 0 aliphatic carbocycles. The second kappa shape index (κ2) is 6.05. The lowest BCUT2D eigenvalue weighted by molar-refractivity contribution is 0.115. The van der Waals surface area contributed by atoms with Gasteiger partial charge in [-0.05, 0) is 33.2 Å². The molecule has 0 spiro atoms. The summed E-state index contributed by atoms with van der Waals surface area (Å²) in [6.07, 6.45) is 5.48. The highest BCUT2D eigenvalue weighted by Crippen LogP contribution is 2.33. The summed E-state index contributed by atoms with van der Waals surface area (Å²) in [6.45, 7) is 8.04. The maximum Gasteiger partial charge on any atom is 0.242 e. The van der Waals surface area contributed by atoms with Crippen LogP contribution in [0.1, 0.15) is 33.1 Å². The Bertz CT molecular complexity index is 495. The van der Waals surface area contributed by atoms with Gasteiger partial charge in [0.2, 0.25) is 5.88 Å². The second-order valence-corrected chi connectivity index (χ2v) is 6.00. The molecular formula is C15H25N5O. The molecule has 2 unspecified atom stereocenters. The van der Waals surface area contributed by atoms with Crippen LogP contribution in [0.25, 0.3) is 0 Å². The highest BCUT2D eigenvalue weighted by atomic mass is 16.5. The fraction of sp³-hybridized carbons (Fsp3) is 0.733. The van der Waals surface area contributed by atoms with E-state index in [1.54, 1.807) is 6.33 Å². The first-order valence-electron chi connectivity index (χ1n) is 7.94. The average Bonchev–Trinajstić information content (AvgIpc) is 2.49. The van der Waals surface area contributed by atoms with Gasteiger partial charge in [-0.1, -0.05) is 6.42 Å². The van der Waals surface area contributed by atoms with Gasteiger partial charge in [0.1, 0.15) is 12.0 Å². The van der Waals surface area contributed by atoms with Crippen LogP contribution in [0.2, 0.25) is 0 Å². The minimum absolute atomic E-state index is 0.408. The summed E-state index contributed by atoms with van der Waals surface area (Å²) in [6, 6.07) is 1.03. The monoisotopic (exact) mass is 291 g/mol. The third-order valence-electron chi connectivity index (χ3n) is 4.57. The third-order valence-corrected chi connectivity index (χ3v) is 4.57. The first-order valence-corrected chi connectivity index (χ1v) is 7.94. The van der Waals surface area contributed by atoms with Gasteiger partial charge < -0.3 is 15.4 Å². The first kappa shape index (κ1) is 14.4. The standard InChI is InChI=1S/C15H25N5O/c1-3-21-15-13(16)14(17-10-18-15)20-9-12-6-4-5-7-19(12)8-11(20)2/h10-12H,3-9,16H2,1-2H3. The van der Waals surface area contributed by atoms with Crippen molar-refractivity contribution in [1.29, 1.82) is 0 Å². The van der Waals surface area contributed by atoms with Crippen molar-refractivity contribution in [2.45, 2.75) is 45.2 Å². The van der Waals surface area contributed by atoms with Crippen LogP contribution in [0.15, 0.2) is 6.33 Å². The van der Waals surface area contributed by atoms with E-state index >= 15 is 0 Å². The van der Waals surface area contributed by atoms with Crippen LogP contribution >= 0.6 is 0 Å². The number of hydrogen-bond donors (Lipinski definition) is 1. The summed E-state index contributed by atoms with van der Waals surface area (Å²) < 4.78 is 5.50. The van der Waals surface area contributed by atoms with E-state index in [9.17, 15) is 0 Å². The molecule has 2 saturated heterocycles. The van der Waals surface area contributed by atoms with E-state index in [0.717, 1.165) is 18.9 Å². The Hall–Kier alpha value is -1.56. The Labute approximate surface area is 126 Å². The lowest BCUT2D eigenvalue weighted by Gasteiger charge is -2.48. The van der Waals surface area contributed by atoms with Gasteiger partial charge in [0.25, 0.3) is 0 Å². The van der Waals surface area contributed by atoms with Crippen LogP contribution in [0, 0.1) is 0 Å². The number of ether oxygens (including phenoxy) is 1. The molecule has 0 radical (unpaired) electrons. The normalized spacial score (nSPS) is 26.5. The van der Waals surface area contributed by atoms with Crippen LogP contribution in [0.4, 0.5) is 11.5 Å². The predicted octanol–water partition coefficient (Wildman–Crippen LogP) is 1.52. The van der Waals surface area contributed by atoms with Crippen LogP contribution < -0.4 is 15.4 Å².